The Bertz CT molecular complexity index is 1070. The highest BCUT2D eigenvalue weighted by Gasteiger charge is 2.31. The third-order valence-electron chi connectivity index (χ3n) is 7.98. The molecule has 2 heterocycles. The zero-order valence-corrected chi connectivity index (χ0v) is 23.4. The number of halogens is 1. The molecule has 6 heteroatoms. The van der Waals surface area contributed by atoms with Gasteiger partial charge in [-0.05, 0) is 92.4 Å². The maximum atomic E-state index is 13.4. The highest BCUT2D eigenvalue weighted by atomic mass is 35.5. The van der Waals surface area contributed by atoms with Crippen molar-refractivity contribution in [3.8, 4) is 5.75 Å². The standard InChI is InChI=1S/C31H42ClN3O2/c1-31(2,3)24-7-9-26(10-8-24)35-17-14-23(20-35)30(36)33-25(21-34-15-4-5-16-34)18-22-6-13-29(28(32)19-22)37-27-11-12-27/h6-10,13,19,23,25,27H,4-5,11-12,14-18,20-21H2,1-3H3,(H,33,36). The van der Waals surface area contributed by atoms with E-state index < -0.39 is 0 Å². The van der Waals surface area contributed by atoms with Crippen molar-refractivity contribution in [2.75, 3.05) is 37.6 Å². The molecule has 2 aliphatic heterocycles. The van der Waals surface area contributed by atoms with Crippen LogP contribution in [0, 0.1) is 5.92 Å². The van der Waals surface area contributed by atoms with Gasteiger partial charge in [-0.3, -0.25) is 4.79 Å². The molecule has 0 spiro atoms. The summed E-state index contributed by atoms with van der Waals surface area (Å²) in [5.74, 6) is 0.966. The highest BCUT2D eigenvalue weighted by molar-refractivity contribution is 6.32. The van der Waals surface area contributed by atoms with Crippen molar-refractivity contribution < 1.29 is 9.53 Å². The number of hydrogen-bond acceptors (Lipinski definition) is 4. The van der Waals surface area contributed by atoms with Gasteiger partial charge in [-0.25, -0.2) is 0 Å². The lowest BCUT2D eigenvalue weighted by Crippen LogP contribution is -2.46. The number of carbonyl (C=O) groups is 1. The molecule has 200 valence electrons. The van der Waals surface area contributed by atoms with Crippen molar-refractivity contribution in [1.82, 2.24) is 10.2 Å². The number of anilines is 1. The number of amides is 1. The van der Waals surface area contributed by atoms with Crippen LogP contribution in [-0.2, 0) is 16.6 Å². The van der Waals surface area contributed by atoms with Crippen molar-refractivity contribution in [1.29, 1.82) is 0 Å². The van der Waals surface area contributed by atoms with E-state index in [0.717, 1.165) is 69.7 Å². The topological polar surface area (TPSA) is 44.8 Å². The van der Waals surface area contributed by atoms with E-state index >= 15 is 0 Å². The molecule has 5 rings (SSSR count). The van der Waals surface area contributed by atoms with E-state index in [1.807, 2.05) is 12.1 Å². The minimum absolute atomic E-state index is 0.0151. The van der Waals surface area contributed by atoms with Gasteiger partial charge in [-0.2, -0.15) is 0 Å². The van der Waals surface area contributed by atoms with Gasteiger partial charge in [0.25, 0.3) is 0 Å². The minimum atomic E-state index is 0.0151. The molecule has 2 saturated heterocycles. The number of nitrogens with zero attached hydrogens (tertiary/aromatic N) is 2. The Kier molecular flexibility index (Phi) is 8.02. The molecule has 5 nitrogen and oxygen atoms in total. The number of benzene rings is 2. The SMILES string of the molecule is CC(C)(C)c1ccc(N2CCC(C(=O)NC(Cc3ccc(OC4CC4)c(Cl)c3)CN3CCCC3)C2)cc1. The van der Waals surface area contributed by atoms with Gasteiger partial charge in [-0.1, -0.05) is 50.6 Å². The number of hydrogen-bond donors (Lipinski definition) is 1. The van der Waals surface area contributed by atoms with E-state index in [2.05, 4.69) is 66.2 Å². The molecule has 2 atom stereocenters. The molecule has 1 saturated carbocycles. The van der Waals surface area contributed by atoms with E-state index in [1.165, 1.54) is 24.1 Å². The van der Waals surface area contributed by atoms with Crippen LogP contribution in [0.25, 0.3) is 0 Å². The molecule has 1 amide bonds. The maximum absolute atomic E-state index is 13.4. The Labute approximate surface area is 227 Å². The Hall–Kier alpha value is -2.24. The Balaban J connectivity index is 1.21. The Morgan fingerprint density at radius 2 is 1.78 bits per heavy atom. The predicted octanol–water partition coefficient (Wildman–Crippen LogP) is 5.83. The first-order valence-corrected chi connectivity index (χ1v) is 14.5. The number of rotatable bonds is 9. The second-order valence-electron chi connectivity index (χ2n) is 12.2. The summed E-state index contributed by atoms with van der Waals surface area (Å²) in [5.41, 5.74) is 3.83. The van der Waals surface area contributed by atoms with Crippen LogP contribution in [-0.4, -0.2) is 55.7 Å². The van der Waals surface area contributed by atoms with Crippen molar-refractivity contribution in [3.05, 3.63) is 58.6 Å². The molecule has 2 aromatic rings. The highest BCUT2D eigenvalue weighted by Crippen LogP contribution is 2.33. The summed E-state index contributed by atoms with van der Waals surface area (Å²) >= 11 is 6.54. The second-order valence-corrected chi connectivity index (χ2v) is 12.6. The van der Waals surface area contributed by atoms with Crippen LogP contribution in [0.4, 0.5) is 5.69 Å². The Morgan fingerprint density at radius 3 is 2.43 bits per heavy atom. The lowest BCUT2D eigenvalue weighted by molar-refractivity contribution is -0.125. The van der Waals surface area contributed by atoms with Gasteiger partial charge < -0.3 is 19.9 Å². The van der Waals surface area contributed by atoms with Crippen molar-refractivity contribution >= 4 is 23.2 Å². The fraction of sp³-hybridized carbons (Fsp3) is 0.581. The largest absolute Gasteiger partial charge is 0.489 e. The molecule has 3 fully saturated rings. The molecule has 2 aromatic carbocycles. The zero-order valence-electron chi connectivity index (χ0n) is 22.6. The monoisotopic (exact) mass is 523 g/mol. The van der Waals surface area contributed by atoms with Crippen LogP contribution in [0.1, 0.15) is 64.0 Å². The Morgan fingerprint density at radius 1 is 1.05 bits per heavy atom. The van der Waals surface area contributed by atoms with Gasteiger partial charge in [0.1, 0.15) is 5.75 Å². The molecule has 37 heavy (non-hydrogen) atoms. The normalized spacial score (nSPS) is 21.3. The molecule has 2 unspecified atom stereocenters. The van der Waals surface area contributed by atoms with Gasteiger partial charge in [0.05, 0.1) is 17.0 Å². The first-order chi connectivity index (χ1) is 17.7. The smallest absolute Gasteiger partial charge is 0.225 e. The van der Waals surface area contributed by atoms with Crippen LogP contribution in [0.5, 0.6) is 5.75 Å². The molecule has 0 bridgehead atoms. The summed E-state index contributed by atoms with van der Waals surface area (Å²) in [5, 5.41) is 4.10. The van der Waals surface area contributed by atoms with Crippen LogP contribution < -0.4 is 15.0 Å². The summed E-state index contributed by atoms with van der Waals surface area (Å²) < 4.78 is 5.91. The van der Waals surface area contributed by atoms with Crippen molar-refractivity contribution in [2.45, 2.75) is 76.9 Å². The number of likely N-dealkylation sites (tertiary alicyclic amines) is 1. The fourth-order valence-corrected chi connectivity index (χ4v) is 5.80. The molecular formula is C31H42ClN3O2. The van der Waals surface area contributed by atoms with Crippen LogP contribution in [0.3, 0.4) is 0 Å². The van der Waals surface area contributed by atoms with Gasteiger partial charge in [0, 0.05) is 31.4 Å². The number of ether oxygens (including phenoxy) is 1. The first kappa shape index (κ1) is 26.4. The molecule has 0 aromatic heterocycles. The maximum Gasteiger partial charge on any atom is 0.225 e. The van der Waals surface area contributed by atoms with E-state index in [9.17, 15) is 4.79 Å². The lowest BCUT2D eigenvalue weighted by Gasteiger charge is -2.26. The number of nitrogens with one attached hydrogen (secondary N) is 1. The van der Waals surface area contributed by atoms with Crippen LogP contribution in [0.15, 0.2) is 42.5 Å². The summed E-state index contributed by atoms with van der Waals surface area (Å²) in [4.78, 5) is 18.3. The third-order valence-corrected chi connectivity index (χ3v) is 8.27. The predicted molar refractivity (Wildman–Crippen MR) is 152 cm³/mol. The van der Waals surface area contributed by atoms with Crippen LogP contribution >= 0.6 is 11.6 Å². The average molecular weight is 524 g/mol. The summed E-state index contributed by atoms with van der Waals surface area (Å²) in [7, 11) is 0. The summed E-state index contributed by atoms with van der Waals surface area (Å²) in [6.07, 6.45) is 6.70. The summed E-state index contributed by atoms with van der Waals surface area (Å²) in [6.45, 7) is 11.5. The quantitative estimate of drug-likeness (QED) is 0.449. The lowest BCUT2D eigenvalue weighted by atomic mass is 9.87. The van der Waals surface area contributed by atoms with E-state index in [1.54, 1.807) is 0 Å². The fourth-order valence-electron chi connectivity index (χ4n) is 5.56. The van der Waals surface area contributed by atoms with Gasteiger partial charge in [-0.15, -0.1) is 0 Å². The van der Waals surface area contributed by atoms with Crippen molar-refractivity contribution in [2.24, 2.45) is 5.92 Å². The number of carbonyl (C=O) groups excluding carboxylic acids is 1. The minimum Gasteiger partial charge on any atom is -0.489 e. The third kappa shape index (κ3) is 7.00. The first-order valence-electron chi connectivity index (χ1n) is 14.1. The van der Waals surface area contributed by atoms with Crippen LogP contribution in [0.2, 0.25) is 5.02 Å². The molecular weight excluding hydrogens is 482 g/mol. The molecule has 0 radical (unpaired) electrons. The molecule has 1 N–H and O–H groups in total. The zero-order chi connectivity index (χ0) is 26.0. The van der Waals surface area contributed by atoms with E-state index in [-0.39, 0.29) is 23.3 Å². The molecule has 1 aliphatic carbocycles. The van der Waals surface area contributed by atoms with E-state index in [4.69, 9.17) is 16.3 Å². The summed E-state index contributed by atoms with van der Waals surface area (Å²) in [6, 6.07) is 15.0. The average Bonchev–Trinajstić information content (AvgIpc) is 3.29. The van der Waals surface area contributed by atoms with Gasteiger partial charge in [0.15, 0.2) is 0 Å². The molecule has 3 aliphatic rings. The second kappa shape index (κ2) is 11.2. The van der Waals surface area contributed by atoms with Crippen molar-refractivity contribution in [3.63, 3.8) is 0 Å². The van der Waals surface area contributed by atoms with E-state index in [0.29, 0.717) is 11.1 Å². The van der Waals surface area contributed by atoms with Gasteiger partial charge in [0.2, 0.25) is 5.91 Å². The van der Waals surface area contributed by atoms with Gasteiger partial charge >= 0.3 is 0 Å².